The van der Waals surface area contributed by atoms with Gasteiger partial charge in [0.1, 0.15) is 5.75 Å². The van der Waals surface area contributed by atoms with Gasteiger partial charge in [-0.1, -0.05) is 23.1 Å². The van der Waals surface area contributed by atoms with Crippen LogP contribution in [-0.2, 0) is 0 Å². The Hall–Kier alpha value is -0.665. The summed E-state index contributed by atoms with van der Waals surface area (Å²) in [5.41, 5.74) is 0.668. The van der Waals surface area contributed by atoms with Gasteiger partial charge in [0.25, 0.3) is 0 Å². The Morgan fingerprint density at radius 3 is 2.62 bits per heavy atom. The molecule has 1 aromatic rings. The van der Waals surface area contributed by atoms with Crippen LogP contribution < -0.4 is 10.2 Å². The zero-order valence-corrected chi connectivity index (χ0v) is 8.38. The van der Waals surface area contributed by atoms with Gasteiger partial charge < -0.3 is 9.76 Å². The molecule has 0 aliphatic rings. The second kappa shape index (κ2) is 4.54. The van der Waals surface area contributed by atoms with Gasteiger partial charge in [-0.3, -0.25) is 0 Å². The Morgan fingerprint density at radius 1 is 1.46 bits per heavy atom. The van der Waals surface area contributed by atoms with E-state index in [0.29, 0.717) is 16.2 Å². The minimum atomic E-state index is 0.0986. The normalized spacial score (nSPS) is 10.2. The quantitative estimate of drug-likeness (QED) is 0.742. The highest BCUT2D eigenvalue weighted by atomic mass is 35.5. The first-order chi connectivity index (χ1) is 6.13. The van der Waals surface area contributed by atoms with Gasteiger partial charge in [0.2, 0.25) is 0 Å². The highest BCUT2D eigenvalue weighted by molar-refractivity contribution is 6.46. The maximum atomic E-state index is 8.71. The zero-order chi connectivity index (χ0) is 9.84. The largest absolute Gasteiger partial charge is 0.489 e. The smallest absolute Gasteiger partial charge is 0.326 e. The highest BCUT2D eigenvalue weighted by Gasteiger charge is 2.04. The maximum absolute atomic E-state index is 8.71. The van der Waals surface area contributed by atoms with E-state index in [1.807, 2.05) is 13.8 Å². The molecule has 0 heterocycles. The standard InChI is InChI=1S/C9H11BClO2/c1-6(2)13-9-4-3-7(10-12)5-8(9)11/h3-6,12H,1-2H3. The highest BCUT2D eigenvalue weighted by Crippen LogP contribution is 2.23. The lowest BCUT2D eigenvalue weighted by molar-refractivity contribution is 0.242. The minimum Gasteiger partial charge on any atom is -0.489 e. The molecule has 69 valence electrons. The molecule has 0 spiro atoms. The second-order valence-electron chi connectivity index (χ2n) is 2.99. The van der Waals surface area contributed by atoms with Crippen LogP contribution in [0.15, 0.2) is 18.2 Å². The number of hydrogen-bond donors (Lipinski definition) is 1. The summed E-state index contributed by atoms with van der Waals surface area (Å²) >= 11 is 5.90. The van der Waals surface area contributed by atoms with Crippen molar-refractivity contribution < 1.29 is 9.76 Å². The van der Waals surface area contributed by atoms with Crippen LogP contribution in [0.3, 0.4) is 0 Å². The third-order valence-corrected chi connectivity index (χ3v) is 1.76. The van der Waals surface area contributed by atoms with E-state index in [2.05, 4.69) is 0 Å². The average Bonchev–Trinajstić information content (AvgIpc) is 2.08. The summed E-state index contributed by atoms with van der Waals surface area (Å²) in [7, 11) is 1.00. The van der Waals surface area contributed by atoms with Crippen molar-refractivity contribution >= 4 is 24.5 Å². The van der Waals surface area contributed by atoms with E-state index in [0.717, 1.165) is 7.48 Å². The van der Waals surface area contributed by atoms with Gasteiger partial charge in [-0.25, -0.2) is 0 Å². The lowest BCUT2D eigenvalue weighted by Crippen LogP contribution is -2.14. The van der Waals surface area contributed by atoms with Gasteiger partial charge in [0.15, 0.2) is 0 Å². The van der Waals surface area contributed by atoms with Gasteiger partial charge in [0, 0.05) is 0 Å². The van der Waals surface area contributed by atoms with Crippen molar-refractivity contribution in [2.45, 2.75) is 20.0 Å². The molecule has 0 aliphatic carbocycles. The second-order valence-corrected chi connectivity index (χ2v) is 3.39. The molecule has 0 saturated carbocycles. The molecular formula is C9H11BClO2. The van der Waals surface area contributed by atoms with Crippen LogP contribution in [-0.4, -0.2) is 18.6 Å². The molecule has 13 heavy (non-hydrogen) atoms. The molecule has 0 aliphatic heterocycles. The molecule has 1 radical (unpaired) electrons. The van der Waals surface area contributed by atoms with Crippen LogP contribution in [0.5, 0.6) is 5.75 Å². The fourth-order valence-corrected chi connectivity index (χ4v) is 1.18. The van der Waals surface area contributed by atoms with Gasteiger partial charge in [0.05, 0.1) is 11.1 Å². The lowest BCUT2D eigenvalue weighted by Gasteiger charge is -2.11. The molecule has 1 N–H and O–H groups in total. The van der Waals surface area contributed by atoms with Crippen LogP contribution in [0, 0.1) is 0 Å². The molecule has 1 aromatic carbocycles. The van der Waals surface area contributed by atoms with E-state index >= 15 is 0 Å². The molecule has 0 unspecified atom stereocenters. The molecule has 0 saturated heterocycles. The van der Waals surface area contributed by atoms with Gasteiger partial charge in [-0.05, 0) is 26.0 Å². The van der Waals surface area contributed by atoms with Crippen LogP contribution >= 0.6 is 11.6 Å². The molecule has 4 heteroatoms. The van der Waals surface area contributed by atoms with Crippen LogP contribution in [0.4, 0.5) is 0 Å². The monoisotopic (exact) mass is 197 g/mol. The van der Waals surface area contributed by atoms with Crippen LogP contribution in [0.2, 0.25) is 5.02 Å². The van der Waals surface area contributed by atoms with Crippen molar-refractivity contribution in [2.24, 2.45) is 0 Å². The third kappa shape index (κ3) is 2.94. The molecule has 1 rings (SSSR count). The molecular weight excluding hydrogens is 186 g/mol. The Kier molecular flexibility index (Phi) is 3.64. The Bertz CT molecular complexity index is 289. The summed E-state index contributed by atoms with van der Waals surface area (Å²) in [6.07, 6.45) is 0.0986. The van der Waals surface area contributed by atoms with Gasteiger partial charge in [-0.2, -0.15) is 0 Å². The Balaban J connectivity index is 2.85. The van der Waals surface area contributed by atoms with Crippen molar-refractivity contribution in [3.63, 3.8) is 0 Å². The predicted molar refractivity (Wildman–Crippen MR) is 54.8 cm³/mol. The van der Waals surface area contributed by atoms with E-state index in [1.54, 1.807) is 18.2 Å². The number of rotatable bonds is 3. The lowest BCUT2D eigenvalue weighted by atomic mass is 9.89. The van der Waals surface area contributed by atoms with Crippen molar-refractivity contribution in [2.75, 3.05) is 0 Å². The van der Waals surface area contributed by atoms with Crippen molar-refractivity contribution in [3.05, 3.63) is 23.2 Å². The first-order valence-electron chi connectivity index (χ1n) is 4.07. The van der Waals surface area contributed by atoms with Crippen molar-refractivity contribution in [1.82, 2.24) is 0 Å². The Labute approximate surface area is 83.8 Å². The van der Waals surface area contributed by atoms with E-state index in [-0.39, 0.29) is 6.10 Å². The summed E-state index contributed by atoms with van der Waals surface area (Å²) in [5, 5.41) is 9.22. The fraction of sp³-hybridized carbons (Fsp3) is 0.333. The van der Waals surface area contributed by atoms with Gasteiger partial charge in [-0.15, -0.1) is 0 Å². The van der Waals surface area contributed by atoms with E-state index in [4.69, 9.17) is 21.4 Å². The molecule has 0 fully saturated rings. The van der Waals surface area contributed by atoms with Crippen LogP contribution in [0.25, 0.3) is 0 Å². The summed E-state index contributed by atoms with van der Waals surface area (Å²) in [4.78, 5) is 0. The first-order valence-corrected chi connectivity index (χ1v) is 4.45. The summed E-state index contributed by atoms with van der Waals surface area (Å²) in [6.45, 7) is 3.87. The third-order valence-electron chi connectivity index (χ3n) is 1.47. The number of benzene rings is 1. The minimum absolute atomic E-state index is 0.0986. The maximum Gasteiger partial charge on any atom is 0.326 e. The van der Waals surface area contributed by atoms with Crippen molar-refractivity contribution in [3.8, 4) is 5.75 Å². The zero-order valence-electron chi connectivity index (χ0n) is 7.62. The number of halogens is 1. The molecule has 0 aromatic heterocycles. The summed E-state index contributed by atoms with van der Waals surface area (Å²) in [5.74, 6) is 0.641. The summed E-state index contributed by atoms with van der Waals surface area (Å²) < 4.78 is 5.42. The molecule has 0 bridgehead atoms. The van der Waals surface area contributed by atoms with E-state index in [1.165, 1.54) is 0 Å². The number of ether oxygens (including phenoxy) is 1. The van der Waals surface area contributed by atoms with E-state index in [9.17, 15) is 0 Å². The fourth-order valence-electron chi connectivity index (χ4n) is 0.947. The van der Waals surface area contributed by atoms with Crippen LogP contribution in [0.1, 0.15) is 13.8 Å². The Morgan fingerprint density at radius 2 is 2.15 bits per heavy atom. The predicted octanol–water partition coefficient (Wildman–Crippen LogP) is 1.36. The number of hydrogen-bond acceptors (Lipinski definition) is 2. The SMILES string of the molecule is CC(C)Oc1ccc([B]O)cc1Cl. The summed E-state index contributed by atoms with van der Waals surface area (Å²) in [6, 6.07) is 5.13. The molecule has 0 atom stereocenters. The topological polar surface area (TPSA) is 29.5 Å². The molecule has 0 amide bonds. The van der Waals surface area contributed by atoms with Crippen molar-refractivity contribution in [1.29, 1.82) is 0 Å². The van der Waals surface area contributed by atoms with Gasteiger partial charge >= 0.3 is 7.48 Å². The first kappa shape index (κ1) is 10.4. The molecule has 2 nitrogen and oxygen atoms in total. The average molecular weight is 197 g/mol. The van der Waals surface area contributed by atoms with E-state index < -0.39 is 0 Å².